The molecule has 27 heavy (non-hydrogen) atoms. The zero-order chi connectivity index (χ0) is 19.3. The normalized spacial score (nSPS) is 17.3. The molecule has 0 bridgehead atoms. The van der Waals surface area contributed by atoms with Gasteiger partial charge in [0.15, 0.2) is 0 Å². The number of carbonyl (C=O) groups is 1. The zero-order valence-electron chi connectivity index (χ0n) is 15.5. The van der Waals surface area contributed by atoms with Gasteiger partial charge in [0.1, 0.15) is 0 Å². The van der Waals surface area contributed by atoms with Gasteiger partial charge in [0, 0.05) is 50.4 Å². The summed E-state index contributed by atoms with van der Waals surface area (Å²) in [4.78, 5) is 19.2. The highest BCUT2D eigenvalue weighted by atomic mass is 32.2. The SMILES string of the molecule is CS(=O)(=O)N1CCCN(C(=O)C[C@H](c2ccccc2)c2ccccn2)CC1. The molecule has 1 aliphatic heterocycles. The van der Waals surface area contributed by atoms with E-state index in [1.165, 1.54) is 10.6 Å². The molecule has 1 aromatic carbocycles. The van der Waals surface area contributed by atoms with Crippen molar-refractivity contribution in [2.45, 2.75) is 18.8 Å². The molecular formula is C20H25N3O3S. The molecular weight excluding hydrogens is 362 g/mol. The first-order chi connectivity index (χ1) is 12.9. The highest BCUT2D eigenvalue weighted by Gasteiger charge is 2.26. The second kappa shape index (κ2) is 8.63. The van der Waals surface area contributed by atoms with Crippen LogP contribution in [0, 0.1) is 0 Å². The van der Waals surface area contributed by atoms with E-state index in [1.54, 1.807) is 11.1 Å². The lowest BCUT2D eigenvalue weighted by Crippen LogP contribution is -2.37. The minimum atomic E-state index is -3.22. The maximum Gasteiger partial charge on any atom is 0.223 e. The average molecular weight is 388 g/mol. The maximum absolute atomic E-state index is 13.0. The molecule has 1 atom stereocenters. The van der Waals surface area contributed by atoms with Crippen molar-refractivity contribution in [3.8, 4) is 0 Å². The lowest BCUT2D eigenvalue weighted by Gasteiger charge is -2.24. The first kappa shape index (κ1) is 19.5. The van der Waals surface area contributed by atoms with Gasteiger partial charge in [0.25, 0.3) is 0 Å². The van der Waals surface area contributed by atoms with Crippen LogP contribution in [-0.2, 0) is 14.8 Å². The van der Waals surface area contributed by atoms with Gasteiger partial charge in [0.2, 0.25) is 15.9 Å². The number of benzene rings is 1. The summed E-state index contributed by atoms with van der Waals surface area (Å²) in [5.74, 6) is -0.0842. The molecule has 1 fully saturated rings. The average Bonchev–Trinajstić information content (AvgIpc) is 2.94. The first-order valence-corrected chi connectivity index (χ1v) is 11.0. The third-order valence-electron chi connectivity index (χ3n) is 4.90. The molecule has 3 rings (SSSR count). The molecule has 0 unspecified atom stereocenters. The molecule has 1 aliphatic rings. The monoisotopic (exact) mass is 387 g/mol. The fourth-order valence-corrected chi connectivity index (χ4v) is 4.31. The van der Waals surface area contributed by atoms with Gasteiger partial charge in [-0.1, -0.05) is 36.4 Å². The van der Waals surface area contributed by atoms with Crippen molar-refractivity contribution in [1.29, 1.82) is 0 Å². The van der Waals surface area contributed by atoms with Gasteiger partial charge < -0.3 is 4.90 Å². The number of rotatable bonds is 5. The Morgan fingerprint density at radius 3 is 2.44 bits per heavy atom. The predicted octanol–water partition coefficient (Wildman–Crippen LogP) is 2.10. The molecule has 0 aliphatic carbocycles. The van der Waals surface area contributed by atoms with Crippen LogP contribution in [0.1, 0.15) is 30.0 Å². The Morgan fingerprint density at radius 1 is 1.04 bits per heavy atom. The Bertz CT molecular complexity index is 817. The first-order valence-electron chi connectivity index (χ1n) is 9.14. The van der Waals surface area contributed by atoms with Crippen molar-refractivity contribution in [1.82, 2.24) is 14.2 Å². The molecule has 0 spiro atoms. The Hall–Kier alpha value is -2.25. The van der Waals surface area contributed by atoms with Gasteiger partial charge in [-0.3, -0.25) is 9.78 Å². The highest BCUT2D eigenvalue weighted by Crippen LogP contribution is 2.27. The summed E-state index contributed by atoms with van der Waals surface area (Å²) in [6, 6.07) is 15.6. The molecule has 2 aromatic rings. The van der Waals surface area contributed by atoms with E-state index in [4.69, 9.17) is 0 Å². The highest BCUT2D eigenvalue weighted by molar-refractivity contribution is 7.88. The lowest BCUT2D eigenvalue weighted by atomic mass is 9.91. The summed E-state index contributed by atoms with van der Waals surface area (Å²) in [6.45, 7) is 1.82. The molecule has 1 saturated heterocycles. The minimum absolute atomic E-state index is 0.0323. The summed E-state index contributed by atoms with van der Waals surface area (Å²) in [6.07, 6.45) is 3.93. The Labute approximate surface area is 160 Å². The summed E-state index contributed by atoms with van der Waals surface area (Å²) in [7, 11) is -3.22. The maximum atomic E-state index is 13.0. The van der Waals surface area contributed by atoms with E-state index in [0.29, 0.717) is 39.0 Å². The number of carbonyl (C=O) groups excluding carboxylic acids is 1. The third-order valence-corrected chi connectivity index (χ3v) is 6.21. The van der Waals surface area contributed by atoms with Gasteiger partial charge in [-0.15, -0.1) is 0 Å². The van der Waals surface area contributed by atoms with Crippen LogP contribution < -0.4 is 0 Å². The van der Waals surface area contributed by atoms with E-state index in [1.807, 2.05) is 48.5 Å². The molecule has 1 amide bonds. The topological polar surface area (TPSA) is 70.6 Å². The van der Waals surface area contributed by atoms with Crippen molar-refractivity contribution >= 4 is 15.9 Å². The van der Waals surface area contributed by atoms with E-state index < -0.39 is 10.0 Å². The van der Waals surface area contributed by atoms with Crippen LogP contribution in [0.15, 0.2) is 54.7 Å². The Balaban J connectivity index is 1.75. The van der Waals surface area contributed by atoms with Gasteiger partial charge in [-0.05, 0) is 24.1 Å². The summed E-state index contributed by atoms with van der Waals surface area (Å²) in [5, 5.41) is 0. The van der Waals surface area contributed by atoms with Crippen molar-refractivity contribution < 1.29 is 13.2 Å². The van der Waals surface area contributed by atoms with E-state index in [0.717, 1.165) is 11.3 Å². The van der Waals surface area contributed by atoms with Crippen LogP contribution in [-0.4, -0.2) is 60.9 Å². The van der Waals surface area contributed by atoms with Crippen LogP contribution in [0.25, 0.3) is 0 Å². The molecule has 6 nitrogen and oxygen atoms in total. The van der Waals surface area contributed by atoms with E-state index in [9.17, 15) is 13.2 Å². The third kappa shape index (κ3) is 5.14. The number of amides is 1. The van der Waals surface area contributed by atoms with Crippen LogP contribution in [0.3, 0.4) is 0 Å². The van der Waals surface area contributed by atoms with E-state index >= 15 is 0 Å². The number of hydrogen-bond acceptors (Lipinski definition) is 4. The molecule has 2 heterocycles. The molecule has 0 radical (unpaired) electrons. The number of nitrogens with zero attached hydrogens (tertiary/aromatic N) is 3. The standard InChI is InChI=1S/C20H25N3O3S/c1-27(25,26)23-13-7-12-22(14-15-23)20(24)16-18(17-8-3-2-4-9-17)19-10-5-6-11-21-19/h2-6,8-11,18H,7,12-16H2,1H3/t18-/m1/s1. The van der Waals surface area contributed by atoms with Gasteiger partial charge in [-0.25, -0.2) is 12.7 Å². The number of pyridine rings is 1. The summed E-state index contributed by atoms with van der Waals surface area (Å²) in [5.41, 5.74) is 1.92. The number of sulfonamides is 1. The molecule has 0 N–H and O–H groups in total. The summed E-state index contributed by atoms with van der Waals surface area (Å²) < 4.78 is 25.0. The van der Waals surface area contributed by atoms with E-state index in [-0.39, 0.29) is 11.8 Å². The fourth-order valence-electron chi connectivity index (χ4n) is 3.44. The largest absolute Gasteiger partial charge is 0.341 e. The van der Waals surface area contributed by atoms with Crippen molar-refractivity contribution in [3.05, 3.63) is 66.0 Å². The zero-order valence-corrected chi connectivity index (χ0v) is 16.3. The van der Waals surface area contributed by atoms with Crippen LogP contribution in [0.5, 0.6) is 0 Å². The van der Waals surface area contributed by atoms with Crippen molar-refractivity contribution in [2.24, 2.45) is 0 Å². The van der Waals surface area contributed by atoms with Crippen molar-refractivity contribution in [2.75, 3.05) is 32.4 Å². The number of aromatic nitrogens is 1. The Kier molecular flexibility index (Phi) is 6.23. The van der Waals surface area contributed by atoms with Gasteiger partial charge in [-0.2, -0.15) is 0 Å². The molecule has 144 valence electrons. The van der Waals surface area contributed by atoms with E-state index in [2.05, 4.69) is 4.98 Å². The fraction of sp³-hybridized carbons (Fsp3) is 0.400. The van der Waals surface area contributed by atoms with Crippen LogP contribution >= 0.6 is 0 Å². The number of hydrogen-bond donors (Lipinski definition) is 0. The second-order valence-corrected chi connectivity index (χ2v) is 8.80. The van der Waals surface area contributed by atoms with Crippen LogP contribution in [0.2, 0.25) is 0 Å². The van der Waals surface area contributed by atoms with Gasteiger partial charge in [0.05, 0.1) is 6.26 Å². The predicted molar refractivity (Wildman–Crippen MR) is 105 cm³/mol. The smallest absolute Gasteiger partial charge is 0.223 e. The minimum Gasteiger partial charge on any atom is -0.341 e. The molecule has 1 aromatic heterocycles. The lowest BCUT2D eigenvalue weighted by molar-refractivity contribution is -0.131. The molecule has 7 heteroatoms. The van der Waals surface area contributed by atoms with Crippen molar-refractivity contribution in [3.63, 3.8) is 0 Å². The molecule has 0 saturated carbocycles. The van der Waals surface area contributed by atoms with Crippen LogP contribution in [0.4, 0.5) is 0 Å². The summed E-state index contributed by atoms with van der Waals surface area (Å²) >= 11 is 0. The second-order valence-electron chi connectivity index (χ2n) is 6.82. The van der Waals surface area contributed by atoms with Gasteiger partial charge >= 0.3 is 0 Å². The Morgan fingerprint density at radius 2 is 1.78 bits per heavy atom. The quantitative estimate of drug-likeness (QED) is 0.788.